The van der Waals surface area contributed by atoms with E-state index in [0.717, 1.165) is 36.1 Å². The maximum absolute atomic E-state index is 13.3. The number of halogens is 3. The summed E-state index contributed by atoms with van der Waals surface area (Å²) in [6.07, 6.45) is 1.31. The molecule has 3 aromatic rings. The number of hydrogen-bond acceptors (Lipinski definition) is 7. The van der Waals surface area contributed by atoms with Crippen molar-refractivity contribution in [2.24, 2.45) is 18.1 Å². The molecule has 2 aliphatic rings. The number of ether oxygens (including phenoxy) is 2. The maximum atomic E-state index is 13.3. The van der Waals surface area contributed by atoms with Gasteiger partial charge in [0, 0.05) is 58.9 Å². The van der Waals surface area contributed by atoms with Gasteiger partial charge in [-0.2, -0.15) is 13.2 Å². The molecule has 1 amide bonds. The maximum Gasteiger partial charge on any atom is 0.451 e. The largest absolute Gasteiger partial charge is 0.490 e. The Hall–Kier alpha value is -3.09. The summed E-state index contributed by atoms with van der Waals surface area (Å²) in [5, 5.41) is 5.71. The minimum atomic E-state index is -4.63. The Labute approximate surface area is 221 Å². The van der Waals surface area contributed by atoms with Crippen molar-refractivity contribution in [2.75, 3.05) is 33.4 Å². The van der Waals surface area contributed by atoms with Gasteiger partial charge in [0.1, 0.15) is 18.1 Å². The van der Waals surface area contributed by atoms with Crippen LogP contribution in [0.1, 0.15) is 34.7 Å². The molecule has 202 valence electrons. The van der Waals surface area contributed by atoms with Gasteiger partial charge >= 0.3 is 6.18 Å². The molecule has 8 nitrogen and oxygen atoms in total. The van der Waals surface area contributed by atoms with Crippen LogP contribution in [0, 0.1) is 11.8 Å². The summed E-state index contributed by atoms with van der Waals surface area (Å²) in [6.45, 7) is 4.66. The topological polar surface area (TPSA) is 89.5 Å². The average molecular weight is 549 g/mol. The summed E-state index contributed by atoms with van der Waals surface area (Å²) in [4.78, 5) is 26.9. The van der Waals surface area contributed by atoms with Gasteiger partial charge in [-0.15, -0.1) is 0 Å². The number of aryl methyl sites for hydroxylation is 1. The van der Waals surface area contributed by atoms with Gasteiger partial charge in [0.15, 0.2) is 5.38 Å². The van der Waals surface area contributed by atoms with Gasteiger partial charge in [0.2, 0.25) is 5.82 Å². The van der Waals surface area contributed by atoms with Crippen LogP contribution in [-0.2, 0) is 17.2 Å². The molecule has 4 atom stereocenters. The van der Waals surface area contributed by atoms with Crippen molar-refractivity contribution in [3.05, 3.63) is 59.1 Å². The Morgan fingerprint density at radius 1 is 1.16 bits per heavy atom. The number of amides is 1. The number of nitrogens with zero attached hydrogens (tertiary/aromatic N) is 4. The smallest absolute Gasteiger partial charge is 0.451 e. The lowest BCUT2D eigenvalue weighted by molar-refractivity contribution is -0.145. The first-order valence-electron chi connectivity index (χ1n) is 12.3. The Kier molecular flexibility index (Phi) is 7.38. The quantitative estimate of drug-likeness (QED) is 0.460. The van der Waals surface area contributed by atoms with Crippen molar-refractivity contribution in [2.45, 2.75) is 25.2 Å². The van der Waals surface area contributed by atoms with Gasteiger partial charge in [-0.3, -0.25) is 4.79 Å². The Morgan fingerprint density at radius 2 is 1.84 bits per heavy atom. The van der Waals surface area contributed by atoms with Crippen molar-refractivity contribution in [3.8, 4) is 16.3 Å². The number of carbonyl (C=O) groups excluding carboxylic acids is 1. The van der Waals surface area contributed by atoms with Crippen LogP contribution in [0.4, 0.5) is 13.2 Å². The standard InChI is InChI=1S/C26H28F3N5O3S/c1-15(18-9-31-25(32-10-18)26(27,28)29)33-23(35)16-6-17(24-30-4-5-38(24)3)8-21(7-16)37-22-19-11-34(2)12-20(22)14-36-13-19/h4-10,15,19-20,22H,11-14H2,1-3H3/p+1/t15-,19?,20?,22?,38?/m1/s1. The van der Waals surface area contributed by atoms with Crippen LogP contribution >= 0.6 is 10.5 Å². The first kappa shape index (κ1) is 26.5. The van der Waals surface area contributed by atoms with Gasteiger partial charge in [-0.1, -0.05) is 0 Å². The number of rotatable bonds is 6. The zero-order valence-electron chi connectivity index (χ0n) is 21.2. The molecule has 1 aromatic carbocycles. The first-order valence-corrected chi connectivity index (χ1v) is 14.0. The van der Waals surface area contributed by atoms with Gasteiger partial charge in [-0.05, 0) is 32.2 Å². The number of hydrogen-bond donors (Lipinski definition) is 1. The third-order valence-electron chi connectivity index (χ3n) is 6.91. The number of thiazole rings is 1. The highest BCUT2D eigenvalue weighted by Crippen LogP contribution is 2.36. The van der Waals surface area contributed by atoms with E-state index in [1.165, 1.54) is 0 Å². The van der Waals surface area contributed by atoms with E-state index in [0.29, 0.717) is 30.1 Å². The minimum Gasteiger partial charge on any atom is -0.490 e. The average Bonchev–Trinajstić information content (AvgIpc) is 3.30. The number of fused-ring (bicyclic) bond motifs is 2. The van der Waals surface area contributed by atoms with Gasteiger partial charge in [0.25, 0.3) is 10.9 Å². The Morgan fingerprint density at radius 3 is 2.45 bits per heavy atom. The fourth-order valence-corrected chi connectivity index (χ4v) is 6.16. The molecule has 0 aliphatic carbocycles. The predicted molar refractivity (Wildman–Crippen MR) is 136 cm³/mol. The molecule has 4 heterocycles. The fourth-order valence-electron chi connectivity index (χ4n) is 5.07. The molecule has 2 aliphatic heterocycles. The van der Waals surface area contributed by atoms with E-state index in [-0.39, 0.29) is 28.4 Å². The highest BCUT2D eigenvalue weighted by Gasteiger charge is 2.41. The highest BCUT2D eigenvalue weighted by atomic mass is 32.2. The van der Waals surface area contributed by atoms with Crippen LogP contribution in [-0.4, -0.2) is 65.2 Å². The molecule has 0 spiro atoms. The lowest BCUT2D eigenvalue weighted by Gasteiger charge is -2.45. The number of carbonyl (C=O) groups is 1. The van der Waals surface area contributed by atoms with E-state index in [1.54, 1.807) is 25.3 Å². The van der Waals surface area contributed by atoms with E-state index in [1.807, 2.05) is 11.4 Å². The van der Waals surface area contributed by atoms with Gasteiger partial charge in [-0.25, -0.2) is 15.0 Å². The van der Waals surface area contributed by atoms with Gasteiger partial charge < -0.3 is 19.7 Å². The lowest BCUT2D eigenvalue weighted by Crippen LogP contribution is -2.56. The van der Waals surface area contributed by atoms with Crippen LogP contribution in [0.2, 0.25) is 0 Å². The molecule has 2 aromatic heterocycles. The third-order valence-corrected chi connectivity index (χ3v) is 8.39. The lowest BCUT2D eigenvalue weighted by atomic mass is 9.85. The van der Waals surface area contributed by atoms with E-state index >= 15 is 0 Å². The number of benzene rings is 1. The predicted octanol–water partition coefficient (Wildman–Crippen LogP) is 4.29. The SMILES string of the molecule is C[C@@H](NC(=O)c1cc(OC2C3COCC2CN(C)C3)cc(-c2ncc[s+]2C)c1)c1cnc(C(F)(F)F)nc1. The second-order valence-electron chi connectivity index (χ2n) is 9.92. The summed E-state index contributed by atoms with van der Waals surface area (Å²) >= 11 is 0. The fraction of sp³-hybridized carbons (Fsp3) is 0.462. The van der Waals surface area contributed by atoms with Crippen LogP contribution < -0.4 is 10.1 Å². The van der Waals surface area contributed by atoms with E-state index in [9.17, 15) is 18.0 Å². The van der Waals surface area contributed by atoms with Crippen LogP contribution in [0.5, 0.6) is 5.75 Å². The van der Waals surface area contributed by atoms with E-state index in [2.05, 4.69) is 38.5 Å². The van der Waals surface area contributed by atoms with Crippen molar-refractivity contribution < 1.29 is 27.4 Å². The second-order valence-corrected chi connectivity index (χ2v) is 11.7. The number of aromatic nitrogens is 3. The van der Waals surface area contributed by atoms with Gasteiger partial charge in [0.05, 0.1) is 31.0 Å². The Balaban J connectivity index is 1.40. The molecule has 3 unspecified atom stereocenters. The van der Waals surface area contributed by atoms with Crippen LogP contribution in [0.25, 0.3) is 10.6 Å². The highest BCUT2D eigenvalue weighted by molar-refractivity contribution is 7.30. The summed E-state index contributed by atoms with van der Waals surface area (Å²) in [7, 11) is 1.89. The zero-order chi connectivity index (χ0) is 27.0. The first-order chi connectivity index (χ1) is 18.1. The van der Waals surface area contributed by atoms with Crippen molar-refractivity contribution in [1.29, 1.82) is 0 Å². The Bertz CT molecular complexity index is 1290. The van der Waals surface area contributed by atoms with E-state index in [4.69, 9.17) is 9.47 Å². The molecular weight excluding hydrogens is 519 g/mol. The van der Waals surface area contributed by atoms with E-state index < -0.39 is 23.9 Å². The summed E-state index contributed by atoms with van der Waals surface area (Å²) in [6, 6.07) is 4.79. The van der Waals surface area contributed by atoms with Crippen LogP contribution in [0.15, 0.2) is 42.2 Å². The number of piperidine rings is 1. The molecule has 38 heavy (non-hydrogen) atoms. The minimum absolute atomic E-state index is 0.0298. The third kappa shape index (κ3) is 5.67. The molecule has 12 heteroatoms. The normalized spacial score (nSPS) is 23.1. The molecule has 1 N–H and O–H groups in total. The number of likely N-dealkylation sites (tertiary alicyclic amines) is 1. The molecular formula is C26H29F3N5O3S+. The molecule has 0 radical (unpaired) electrons. The summed E-state index contributed by atoms with van der Waals surface area (Å²) in [5.74, 6) is -0.590. The molecule has 5 rings (SSSR count). The van der Waals surface area contributed by atoms with Crippen molar-refractivity contribution >= 4 is 16.4 Å². The number of alkyl halides is 3. The van der Waals surface area contributed by atoms with Crippen molar-refractivity contribution in [1.82, 2.24) is 25.2 Å². The summed E-state index contributed by atoms with van der Waals surface area (Å²) in [5.41, 5.74) is 1.53. The van der Waals surface area contributed by atoms with Crippen molar-refractivity contribution in [3.63, 3.8) is 0 Å². The molecule has 2 bridgehead atoms. The molecule has 2 saturated heterocycles. The summed E-state index contributed by atoms with van der Waals surface area (Å²) < 4.78 is 50.8. The molecule has 0 saturated carbocycles. The number of nitrogens with one attached hydrogen (secondary N) is 1. The molecule has 2 fully saturated rings. The van der Waals surface area contributed by atoms with Crippen LogP contribution in [0.3, 0.4) is 0 Å². The monoisotopic (exact) mass is 548 g/mol. The second kappa shape index (κ2) is 10.6. The zero-order valence-corrected chi connectivity index (χ0v) is 22.1.